The highest BCUT2D eigenvalue weighted by atomic mass is 16.5. The van der Waals surface area contributed by atoms with E-state index < -0.39 is 0 Å². The summed E-state index contributed by atoms with van der Waals surface area (Å²) in [6.45, 7) is 7.35. The summed E-state index contributed by atoms with van der Waals surface area (Å²) in [7, 11) is 0. The first-order chi connectivity index (χ1) is 14.2. The van der Waals surface area contributed by atoms with Crippen molar-refractivity contribution in [3.05, 3.63) is 84.0 Å². The smallest absolute Gasteiger partial charge is 0.170 e. The van der Waals surface area contributed by atoms with Crippen LogP contribution in [0.15, 0.2) is 67.3 Å². The Hall–Kier alpha value is -2.65. The van der Waals surface area contributed by atoms with Crippen molar-refractivity contribution in [1.29, 1.82) is 0 Å². The fraction of sp³-hybridized carbons (Fsp3) is 0.346. The number of likely N-dealkylation sites (tertiary alicyclic amines) is 1. The summed E-state index contributed by atoms with van der Waals surface area (Å²) < 4.78 is 5.58. The van der Waals surface area contributed by atoms with Crippen molar-refractivity contribution in [1.82, 2.24) is 4.90 Å². The number of fused-ring (bicyclic) bond motifs is 1. The van der Waals surface area contributed by atoms with Crippen molar-refractivity contribution in [2.24, 2.45) is 5.92 Å². The van der Waals surface area contributed by atoms with Crippen molar-refractivity contribution in [3.63, 3.8) is 0 Å². The molecular weight excluding hydrogens is 358 g/mol. The van der Waals surface area contributed by atoms with Gasteiger partial charge in [0.05, 0.1) is 0 Å². The lowest BCUT2D eigenvalue weighted by Gasteiger charge is -2.33. The van der Waals surface area contributed by atoms with Gasteiger partial charge in [-0.15, -0.1) is 0 Å². The van der Waals surface area contributed by atoms with E-state index >= 15 is 0 Å². The number of piperidine rings is 1. The zero-order valence-electron chi connectivity index (χ0n) is 16.9. The molecule has 1 heterocycles. The third-order valence-corrected chi connectivity index (χ3v) is 6.12. The van der Waals surface area contributed by atoms with Crippen molar-refractivity contribution in [3.8, 4) is 5.75 Å². The molecule has 1 aliphatic heterocycles. The van der Waals surface area contributed by atoms with E-state index in [0.717, 1.165) is 42.9 Å². The molecule has 1 unspecified atom stereocenters. The molecule has 1 fully saturated rings. The van der Waals surface area contributed by atoms with Crippen LogP contribution in [-0.4, -0.2) is 36.9 Å². The van der Waals surface area contributed by atoms with Gasteiger partial charge in [-0.25, -0.2) is 0 Å². The van der Waals surface area contributed by atoms with Crippen molar-refractivity contribution >= 4 is 11.9 Å². The predicted octanol–water partition coefficient (Wildman–Crippen LogP) is 5.35. The molecule has 1 saturated heterocycles. The zero-order chi connectivity index (χ0) is 20.1. The van der Waals surface area contributed by atoms with Crippen molar-refractivity contribution in [2.45, 2.75) is 25.2 Å². The molecule has 0 bridgehead atoms. The van der Waals surface area contributed by atoms with Gasteiger partial charge in [0, 0.05) is 11.5 Å². The minimum atomic E-state index is -0.0192. The second kappa shape index (κ2) is 9.23. The summed E-state index contributed by atoms with van der Waals surface area (Å²) >= 11 is 0. The predicted molar refractivity (Wildman–Crippen MR) is 118 cm³/mol. The number of hydrogen-bond donors (Lipinski definition) is 0. The summed E-state index contributed by atoms with van der Waals surface area (Å²) in [6.07, 6.45) is 9.16. The second-order valence-corrected chi connectivity index (χ2v) is 7.99. The van der Waals surface area contributed by atoms with Gasteiger partial charge >= 0.3 is 0 Å². The van der Waals surface area contributed by atoms with Crippen LogP contribution in [-0.2, 0) is 0 Å². The highest BCUT2D eigenvalue weighted by Gasteiger charge is 2.26. The van der Waals surface area contributed by atoms with Gasteiger partial charge in [-0.2, -0.15) is 0 Å². The van der Waals surface area contributed by atoms with E-state index in [4.69, 9.17) is 4.74 Å². The molecule has 0 aromatic heterocycles. The summed E-state index contributed by atoms with van der Waals surface area (Å²) in [5.41, 5.74) is 3.23. The minimum absolute atomic E-state index is 0.0192. The Morgan fingerprint density at radius 2 is 1.90 bits per heavy atom. The maximum absolute atomic E-state index is 12.9. The highest BCUT2D eigenvalue weighted by Crippen LogP contribution is 2.30. The Morgan fingerprint density at radius 3 is 2.66 bits per heavy atom. The average Bonchev–Trinajstić information content (AvgIpc) is 2.78. The van der Waals surface area contributed by atoms with Gasteiger partial charge in [0.1, 0.15) is 12.4 Å². The first kappa shape index (κ1) is 19.7. The standard InChI is InChI=1S/C26H29NO2/c1-2-18-29-24-10-11-25-23(19-24)9-8-22(26(25)28)14-17-27-15-12-21(13-16-27)20-6-4-3-5-7-20/h2-11,19,21-22H,1,12-18H2. The molecule has 2 aliphatic rings. The third kappa shape index (κ3) is 4.68. The second-order valence-electron chi connectivity index (χ2n) is 7.99. The fourth-order valence-corrected chi connectivity index (χ4v) is 4.42. The number of carbonyl (C=O) groups is 1. The molecule has 1 atom stereocenters. The maximum Gasteiger partial charge on any atom is 0.170 e. The molecular formula is C26H29NO2. The number of ether oxygens (including phenoxy) is 1. The lowest BCUT2D eigenvalue weighted by atomic mass is 9.85. The quantitative estimate of drug-likeness (QED) is 0.600. The van der Waals surface area contributed by atoms with Crippen LogP contribution in [0.2, 0.25) is 0 Å². The first-order valence-corrected chi connectivity index (χ1v) is 10.6. The van der Waals surface area contributed by atoms with Crippen LogP contribution in [0, 0.1) is 5.92 Å². The zero-order valence-corrected chi connectivity index (χ0v) is 16.9. The Kier molecular flexibility index (Phi) is 6.26. The van der Waals surface area contributed by atoms with Crippen LogP contribution in [0.1, 0.15) is 46.7 Å². The van der Waals surface area contributed by atoms with Crippen LogP contribution in [0.5, 0.6) is 5.75 Å². The number of rotatable bonds is 7. The molecule has 2 aromatic carbocycles. The van der Waals surface area contributed by atoms with E-state index in [2.05, 4.69) is 54.0 Å². The van der Waals surface area contributed by atoms with Crippen molar-refractivity contribution < 1.29 is 9.53 Å². The van der Waals surface area contributed by atoms with Gasteiger partial charge in [0.15, 0.2) is 5.78 Å². The van der Waals surface area contributed by atoms with E-state index in [-0.39, 0.29) is 11.7 Å². The number of hydrogen-bond acceptors (Lipinski definition) is 3. The molecule has 0 N–H and O–H groups in total. The van der Waals surface area contributed by atoms with E-state index in [1.54, 1.807) is 6.08 Å². The van der Waals surface area contributed by atoms with Crippen molar-refractivity contribution in [2.75, 3.05) is 26.2 Å². The monoisotopic (exact) mass is 387 g/mol. The molecule has 0 amide bonds. The SMILES string of the molecule is C=CCOc1ccc2c(c1)C=CC(CCN1CCC(c3ccccc3)CC1)C2=O. The van der Waals surface area contributed by atoms with Gasteiger partial charge in [0.25, 0.3) is 0 Å². The number of benzene rings is 2. The highest BCUT2D eigenvalue weighted by molar-refractivity contribution is 6.04. The molecule has 3 heteroatoms. The molecule has 3 nitrogen and oxygen atoms in total. The lowest BCUT2D eigenvalue weighted by Crippen LogP contribution is -2.35. The Balaban J connectivity index is 1.30. The molecule has 0 spiro atoms. The Labute approximate surface area is 173 Å². The van der Waals surface area contributed by atoms with Crippen LogP contribution < -0.4 is 4.74 Å². The largest absolute Gasteiger partial charge is 0.490 e. The van der Waals surface area contributed by atoms with E-state index in [1.807, 2.05) is 18.2 Å². The number of carbonyl (C=O) groups excluding carboxylic acids is 1. The summed E-state index contributed by atoms with van der Waals surface area (Å²) in [6, 6.07) is 16.6. The normalized spacial score (nSPS) is 19.7. The fourth-order valence-electron chi connectivity index (χ4n) is 4.42. The lowest BCUT2D eigenvalue weighted by molar-refractivity contribution is 0.0926. The molecule has 4 rings (SSSR count). The van der Waals surface area contributed by atoms with Gasteiger partial charge in [-0.1, -0.05) is 55.1 Å². The van der Waals surface area contributed by atoms with E-state index in [0.29, 0.717) is 12.5 Å². The number of allylic oxidation sites excluding steroid dienone is 1. The number of Topliss-reactive ketones (excluding diaryl/α,β-unsaturated/α-hetero) is 1. The summed E-state index contributed by atoms with van der Waals surface area (Å²) in [5, 5.41) is 0. The third-order valence-electron chi connectivity index (χ3n) is 6.12. The van der Waals surface area contributed by atoms with E-state index in [9.17, 15) is 4.79 Å². The van der Waals surface area contributed by atoms with E-state index in [1.165, 1.54) is 18.4 Å². The van der Waals surface area contributed by atoms with Crippen LogP contribution in [0.4, 0.5) is 0 Å². The first-order valence-electron chi connectivity index (χ1n) is 10.6. The Morgan fingerprint density at radius 1 is 1.10 bits per heavy atom. The molecule has 29 heavy (non-hydrogen) atoms. The van der Waals surface area contributed by atoms with Crippen LogP contribution >= 0.6 is 0 Å². The molecule has 2 aromatic rings. The van der Waals surface area contributed by atoms with Crippen LogP contribution in [0.3, 0.4) is 0 Å². The summed E-state index contributed by atoms with van der Waals surface area (Å²) in [5.74, 6) is 1.67. The maximum atomic E-state index is 12.9. The number of ketones is 1. The van der Waals surface area contributed by atoms with Gasteiger partial charge < -0.3 is 9.64 Å². The molecule has 1 aliphatic carbocycles. The molecule has 0 saturated carbocycles. The topological polar surface area (TPSA) is 29.5 Å². The molecule has 150 valence electrons. The van der Waals surface area contributed by atoms with Gasteiger partial charge in [0.2, 0.25) is 0 Å². The van der Waals surface area contributed by atoms with Crippen LogP contribution in [0.25, 0.3) is 6.08 Å². The van der Waals surface area contributed by atoms with Gasteiger partial charge in [-0.3, -0.25) is 4.79 Å². The number of nitrogens with zero attached hydrogens (tertiary/aromatic N) is 1. The summed E-state index contributed by atoms with van der Waals surface area (Å²) in [4.78, 5) is 15.4. The van der Waals surface area contributed by atoms with Gasteiger partial charge in [-0.05, 0) is 74.1 Å². The average molecular weight is 388 g/mol. The minimum Gasteiger partial charge on any atom is -0.490 e. The molecule has 0 radical (unpaired) electrons. The Bertz CT molecular complexity index is 879.